The van der Waals surface area contributed by atoms with E-state index < -0.39 is 0 Å². The standard InChI is InChI=1S/C15H11FN2O2/c16-11-3-1-2-9(6-11)7-14(19)10-4-5-12-13(8-10)18-15(20)17-12/h1-6,8H,7H2,(H2,17,18,20). The summed E-state index contributed by atoms with van der Waals surface area (Å²) in [7, 11) is 0. The third-order valence-corrected chi connectivity index (χ3v) is 3.09. The maximum absolute atomic E-state index is 13.1. The van der Waals surface area contributed by atoms with E-state index in [2.05, 4.69) is 9.97 Å². The molecule has 0 atom stereocenters. The number of H-pyrrole nitrogens is 2. The minimum atomic E-state index is -0.360. The quantitative estimate of drug-likeness (QED) is 0.718. The highest BCUT2D eigenvalue weighted by Gasteiger charge is 2.09. The topological polar surface area (TPSA) is 65.7 Å². The van der Waals surface area contributed by atoms with E-state index >= 15 is 0 Å². The van der Waals surface area contributed by atoms with Gasteiger partial charge in [0.2, 0.25) is 0 Å². The van der Waals surface area contributed by atoms with Gasteiger partial charge in [0.25, 0.3) is 0 Å². The zero-order chi connectivity index (χ0) is 14.1. The van der Waals surface area contributed by atoms with Crippen molar-refractivity contribution in [3.8, 4) is 0 Å². The summed E-state index contributed by atoms with van der Waals surface area (Å²) < 4.78 is 13.1. The van der Waals surface area contributed by atoms with Gasteiger partial charge in [-0.2, -0.15) is 0 Å². The van der Waals surface area contributed by atoms with Crippen LogP contribution in [0.15, 0.2) is 47.3 Å². The average molecular weight is 270 g/mol. The lowest BCUT2D eigenvalue weighted by Crippen LogP contribution is -2.03. The molecule has 4 nitrogen and oxygen atoms in total. The van der Waals surface area contributed by atoms with E-state index in [9.17, 15) is 14.0 Å². The van der Waals surface area contributed by atoms with E-state index in [0.717, 1.165) is 0 Å². The fourth-order valence-electron chi connectivity index (χ4n) is 2.14. The Morgan fingerprint density at radius 1 is 1.05 bits per heavy atom. The molecule has 3 rings (SSSR count). The van der Waals surface area contributed by atoms with Crippen molar-refractivity contribution in [2.45, 2.75) is 6.42 Å². The van der Waals surface area contributed by atoms with E-state index in [1.165, 1.54) is 12.1 Å². The lowest BCUT2D eigenvalue weighted by atomic mass is 10.0. The number of hydrogen-bond acceptors (Lipinski definition) is 2. The van der Waals surface area contributed by atoms with Crippen molar-refractivity contribution in [3.63, 3.8) is 0 Å². The van der Waals surface area contributed by atoms with Gasteiger partial charge in [0.1, 0.15) is 5.82 Å². The molecule has 5 heteroatoms. The van der Waals surface area contributed by atoms with Gasteiger partial charge in [-0.3, -0.25) is 4.79 Å². The van der Waals surface area contributed by atoms with Crippen LogP contribution >= 0.6 is 0 Å². The molecule has 100 valence electrons. The monoisotopic (exact) mass is 270 g/mol. The summed E-state index contributed by atoms with van der Waals surface area (Å²) in [4.78, 5) is 28.5. The first-order chi connectivity index (χ1) is 9.61. The minimum Gasteiger partial charge on any atom is -0.306 e. The van der Waals surface area contributed by atoms with Crippen LogP contribution in [-0.2, 0) is 6.42 Å². The molecule has 0 bridgehead atoms. The second kappa shape index (κ2) is 4.77. The van der Waals surface area contributed by atoms with Crippen LogP contribution in [0.1, 0.15) is 15.9 Å². The Morgan fingerprint density at radius 2 is 1.85 bits per heavy atom. The fraction of sp³-hybridized carbons (Fsp3) is 0.0667. The summed E-state index contributed by atoms with van der Waals surface area (Å²) in [5.74, 6) is -0.486. The smallest absolute Gasteiger partial charge is 0.306 e. The molecule has 1 heterocycles. The molecular weight excluding hydrogens is 259 g/mol. The van der Waals surface area contributed by atoms with Gasteiger partial charge in [-0.15, -0.1) is 0 Å². The van der Waals surface area contributed by atoms with Crippen molar-refractivity contribution >= 4 is 16.8 Å². The van der Waals surface area contributed by atoms with Crippen LogP contribution in [0.3, 0.4) is 0 Å². The van der Waals surface area contributed by atoms with Crippen molar-refractivity contribution in [2.75, 3.05) is 0 Å². The molecule has 0 saturated carbocycles. The number of rotatable bonds is 3. The van der Waals surface area contributed by atoms with Crippen LogP contribution < -0.4 is 5.69 Å². The molecule has 1 aromatic heterocycles. The fourth-order valence-corrected chi connectivity index (χ4v) is 2.14. The molecule has 0 unspecified atom stereocenters. The molecule has 0 saturated heterocycles. The lowest BCUT2D eigenvalue weighted by molar-refractivity contribution is 0.0993. The molecule has 0 spiro atoms. The first-order valence-electron chi connectivity index (χ1n) is 6.11. The number of benzene rings is 2. The van der Waals surface area contributed by atoms with E-state index in [1.54, 1.807) is 30.3 Å². The first kappa shape index (κ1) is 12.3. The molecule has 0 radical (unpaired) electrons. The van der Waals surface area contributed by atoms with Crippen LogP contribution in [-0.4, -0.2) is 15.8 Å². The molecule has 0 amide bonds. The number of aromatic nitrogens is 2. The second-order valence-electron chi connectivity index (χ2n) is 4.57. The van der Waals surface area contributed by atoms with Gasteiger partial charge in [0.15, 0.2) is 5.78 Å². The molecular formula is C15H11FN2O2. The first-order valence-corrected chi connectivity index (χ1v) is 6.11. The highest BCUT2D eigenvalue weighted by atomic mass is 19.1. The van der Waals surface area contributed by atoms with Crippen molar-refractivity contribution in [1.82, 2.24) is 9.97 Å². The predicted octanol–water partition coefficient (Wildman–Crippen LogP) is 2.42. The van der Waals surface area contributed by atoms with Gasteiger partial charge < -0.3 is 9.97 Å². The summed E-state index contributed by atoms with van der Waals surface area (Å²) in [5.41, 5.74) is 2.03. The number of ketones is 1. The Kier molecular flexibility index (Phi) is 2.95. The molecule has 3 aromatic rings. The Balaban J connectivity index is 1.90. The number of hydrogen-bond donors (Lipinski definition) is 2. The molecule has 2 aromatic carbocycles. The van der Waals surface area contributed by atoms with Gasteiger partial charge in [-0.25, -0.2) is 9.18 Å². The molecule has 20 heavy (non-hydrogen) atoms. The van der Waals surface area contributed by atoms with E-state index in [0.29, 0.717) is 22.2 Å². The molecule has 0 aliphatic carbocycles. The number of aromatic amines is 2. The van der Waals surface area contributed by atoms with Crippen molar-refractivity contribution in [3.05, 3.63) is 69.9 Å². The average Bonchev–Trinajstić information content (AvgIpc) is 2.77. The number of halogens is 1. The number of carbonyl (C=O) groups excluding carboxylic acids is 1. The maximum Gasteiger partial charge on any atom is 0.323 e. The van der Waals surface area contributed by atoms with Crippen molar-refractivity contribution < 1.29 is 9.18 Å². The highest BCUT2D eigenvalue weighted by Crippen LogP contribution is 2.13. The Hall–Kier alpha value is -2.69. The predicted molar refractivity (Wildman–Crippen MR) is 73.4 cm³/mol. The Bertz CT molecular complexity index is 848. The van der Waals surface area contributed by atoms with Gasteiger partial charge in [0, 0.05) is 12.0 Å². The molecule has 0 aliphatic rings. The van der Waals surface area contributed by atoms with E-state index in [1.807, 2.05) is 0 Å². The summed E-state index contributed by atoms with van der Waals surface area (Å²) in [6.07, 6.45) is 0.123. The van der Waals surface area contributed by atoms with Crippen LogP contribution in [0, 0.1) is 5.82 Å². The van der Waals surface area contributed by atoms with Gasteiger partial charge >= 0.3 is 5.69 Å². The van der Waals surface area contributed by atoms with Crippen LogP contribution in [0.5, 0.6) is 0 Å². The molecule has 2 N–H and O–H groups in total. The minimum absolute atomic E-state index is 0.123. The third-order valence-electron chi connectivity index (χ3n) is 3.09. The molecule has 0 aliphatic heterocycles. The van der Waals surface area contributed by atoms with Gasteiger partial charge in [0.05, 0.1) is 11.0 Å². The van der Waals surface area contributed by atoms with Crippen LogP contribution in [0.4, 0.5) is 4.39 Å². The molecule has 0 fully saturated rings. The SMILES string of the molecule is O=C(Cc1cccc(F)c1)c1ccc2[nH]c(=O)[nH]c2c1. The van der Waals surface area contributed by atoms with Gasteiger partial charge in [-0.1, -0.05) is 12.1 Å². The van der Waals surface area contributed by atoms with E-state index in [4.69, 9.17) is 0 Å². The van der Waals surface area contributed by atoms with Gasteiger partial charge in [-0.05, 0) is 35.9 Å². The highest BCUT2D eigenvalue weighted by molar-refractivity contribution is 6.00. The maximum atomic E-state index is 13.1. The Morgan fingerprint density at radius 3 is 2.65 bits per heavy atom. The number of nitrogens with one attached hydrogen (secondary N) is 2. The van der Waals surface area contributed by atoms with Crippen molar-refractivity contribution in [1.29, 1.82) is 0 Å². The number of carbonyl (C=O) groups is 1. The zero-order valence-corrected chi connectivity index (χ0v) is 10.4. The summed E-state index contributed by atoms with van der Waals surface area (Å²) >= 11 is 0. The number of Topliss-reactive ketones (excluding diaryl/α,β-unsaturated/α-hetero) is 1. The summed E-state index contributed by atoms with van der Waals surface area (Å²) in [5, 5.41) is 0. The Labute approximate surface area is 113 Å². The summed E-state index contributed by atoms with van der Waals surface area (Å²) in [6.45, 7) is 0. The number of fused-ring (bicyclic) bond motifs is 1. The largest absolute Gasteiger partial charge is 0.323 e. The lowest BCUT2D eigenvalue weighted by Gasteiger charge is -2.02. The van der Waals surface area contributed by atoms with Crippen LogP contribution in [0.2, 0.25) is 0 Å². The van der Waals surface area contributed by atoms with Crippen molar-refractivity contribution in [2.24, 2.45) is 0 Å². The normalized spacial score (nSPS) is 10.8. The van der Waals surface area contributed by atoms with E-state index in [-0.39, 0.29) is 23.7 Å². The van der Waals surface area contributed by atoms with Crippen LogP contribution in [0.25, 0.3) is 11.0 Å². The number of imidazole rings is 1. The summed E-state index contributed by atoms with van der Waals surface area (Å²) in [6, 6.07) is 10.9. The third kappa shape index (κ3) is 2.38. The zero-order valence-electron chi connectivity index (χ0n) is 10.4. The second-order valence-corrected chi connectivity index (χ2v) is 4.57.